The molecule has 2 heterocycles. The van der Waals surface area contributed by atoms with Gasteiger partial charge >= 0.3 is 0 Å². The van der Waals surface area contributed by atoms with Gasteiger partial charge in [-0.15, -0.1) is 0 Å². The van der Waals surface area contributed by atoms with Gasteiger partial charge in [-0.2, -0.15) is 0 Å². The summed E-state index contributed by atoms with van der Waals surface area (Å²) in [5.74, 6) is -0.321. The first-order valence-electron chi connectivity index (χ1n) is 7.19. The van der Waals surface area contributed by atoms with Crippen molar-refractivity contribution in [3.63, 3.8) is 0 Å². The molecule has 21 heavy (non-hydrogen) atoms. The summed E-state index contributed by atoms with van der Waals surface area (Å²) in [6.07, 6.45) is 2.37. The van der Waals surface area contributed by atoms with Crippen molar-refractivity contribution >= 4 is 17.5 Å². The van der Waals surface area contributed by atoms with Crippen molar-refractivity contribution in [2.75, 3.05) is 25.4 Å². The largest absolute Gasteiger partial charge is 0.399 e. The highest BCUT2D eigenvalue weighted by Gasteiger charge is 2.35. The second-order valence-corrected chi connectivity index (χ2v) is 5.56. The third-order valence-corrected chi connectivity index (χ3v) is 3.97. The molecule has 1 aromatic rings. The lowest BCUT2D eigenvalue weighted by Gasteiger charge is -2.32. The number of hydrogen-bond donors (Lipinski definition) is 2. The minimum absolute atomic E-state index is 0.0165. The van der Waals surface area contributed by atoms with Crippen LogP contribution < -0.4 is 11.1 Å². The van der Waals surface area contributed by atoms with Gasteiger partial charge in [-0.25, -0.2) is 0 Å². The summed E-state index contributed by atoms with van der Waals surface area (Å²) in [6, 6.07) is 6.61. The van der Waals surface area contributed by atoms with Crippen molar-refractivity contribution in [1.29, 1.82) is 0 Å². The molecule has 0 saturated carbocycles. The highest BCUT2D eigenvalue weighted by atomic mass is 16.5. The molecule has 2 atom stereocenters. The first-order valence-corrected chi connectivity index (χ1v) is 7.19. The topological polar surface area (TPSA) is 84.7 Å². The minimum atomic E-state index is -0.264. The highest BCUT2D eigenvalue weighted by molar-refractivity contribution is 5.96. The molecular formula is C15H19N3O3. The van der Waals surface area contributed by atoms with E-state index in [9.17, 15) is 9.59 Å². The number of rotatable bonds is 3. The van der Waals surface area contributed by atoms with E-state index in [4.69, 9.17) is 10.5 Å². The Hall–Kier alpha value is -2.08. The quantitative estimate of drug-likeness (QED) is 0.788. The van der Waals surface area contributed by atoms with Crippen LogP contribution in [0.15, 0.2) is 24.3 Å². The molecule has 3 rings (SSSR count). The Morgan fingerprint density at radius 3 is 2.43 bits per heavy atom. The Labute approximate surface area is 123 Å². The Bertz CT molecular complexity index is 532. The Morgan fingerprint density at radius 2 is 1.81 bits per heavy atom. The molecule has 112 valence electrons. The first-order chi connectivity index (χ1) is 10.1. The van der Waals surface area contributed by atoms with Crippen molar-refractivity contribution in [2.45, 2.75) is 25.0 Å². The van der Waals surface area contributed by atoms with Crippen LogP contribution in [0.1, 0.15) is 23.2 Å². The number of anilines is 1. The summed E-state index contributed by atoms with van der Waals surface area (Å²) in [6.45, 7) is 1.28. The Kier molecular flexibility index (Phi) is 3.79. The zero-order valence-corrected chi connectivity index (χ0v) is 11.7. The van der Waals surface area contributed by atoms with Gasteiger partial charge in [0, 0.05) is 24.3 Å². The molecule has 2 unspecified atom stereocenters. The number of hydrogen-bond acceptors (Lipinski definition) is 4. The van der Waals surface area contributed by atoms with Crippen LogP contribution in [-0.4, -0.2) is 48.6 Å². The van der Waals surface area contributed by atoms with E-state index in [1.165, 1.54) is 0 Å². The van der Waals surface area contributed by atoms with Crippen LogP contribution in [0.5, 0.6) is 0 Å². The van der Waals surface area contributed by atoms with Gasteiger partial charge in [-0.05, 0) is 37.1 Å². The Balaban J connectivity index is 1.51. The average Bonchev–Trinajstić information content (AvgIpc) is 2.83. The zero-order valence-electron chi connectivity index (χ0n) is 11.7. The van der Waals surface area contributed by atoms with Crippen molar-refractivity contribution in [2.24, 2.45) is 0 Å². The maximum Gasteiger partial charge on any atom is 0.251 e. The lowest BCUT2D eigenvalue weighted by Crippen LogP contribution is -2.49. The molecule has 1 aromatic carbocycles. The number of nitrogens with one attached hydrogen (secondary N) is 1. The van der Waals surface area contributed by atoms with Gasteiger partial charge in [0.05, 0.1) is 18.8 Å². The smallest absolute Gasteiger partial charge is 0.251 e. The van der Waals surface area contributed by atoms with E-state index in [2.05, 4.69) is 5.32 Å². The number of benzene rings is 1. The van der Waals surface area contributed by atoms with Gasteiger partial charge in [-0.1, -0.05) is 0 Å². The highest BCUT2D eigenvalue weighted by Crippen LogP contribution is 2.26. The number of nitrogen functional groups attached to an aromatic ring is 1. The molecule has 6 heteroatoms. The number of fused-ring (bicyclic) bond motifs is 2. The summed E-state index contributed by atoms with van der Waals surface area (Å²) in [5.41, 5.74) is 6.68. The lowest BCUT2D eigenvalue weighted by molar-refractivity contribution is -0.138. The van der Waals surface area contributed by atoms with Crippen LogP contribution in [-0.2, 0) is 9.53 Å². The van der Waals surface area contributed by atoms with Crippen LogP contribution >= 0.6 is 0 Å². The van der Waals surface area contributed by atoms with E-state index in [1.54, 1.807) is 29.2 Å². The number of nitrogens with zero attached hydrogens (tertiary/aromatic N) is 1. The lowest BCUT2D eigenvalue weighted by atomic mass is 10.2. The van der Waals surface area contributed by atoms with Crippen molar-refractivity contribution < 1.29 is 14.3 Å². The third-order valence-electron chi connectivity index (χ3n) is 3.97. The van der Waals surface area contributed by atoms with Gasteiger partial charge in [0.2, 0.25) is 5.91 Å². The van der Waals surface area contributed by atoms with Crippen LogP contribution in [0.4, 0.5) is 5.69 Å². The summed E-state index contributed by atoms with van der Waals surface area (Å²) >= 11 is 0. The molecule has 2 aliphatic rings. The van der Waals surface area contributed by atoms with Crippen molar-refractivity contribution in [1.82, 2.24) is 10.2 Å². The van der Waals surface area contributed by atoms with E-state index in [1.807, 2.05) is 0 Å². The van der Waals surface area contributed by atoms with Crippen LogP contribution in [0.25, 0.3) is 0 Å². The van der Waals surface area contributed by atoms with Gasteiger partial charge in [0.15, 0.2) is 0 Å². The summed E-state index contributed by atoms with van der Waals surface area (Å²) in [7, 11) is 0. The van der Waals surface area contributed by atoms with E-state index >= 15 is 0 Å². The number of amides is 2. The first kappa shape index (κ1) is 13.9. The van der Waals surface area contributed by atoms with Crippen molar-refractivity contribution in [3.8, 4) is 0 Å². The van der Waals surface area contributed by atoms with Crippen LogP contribution in [0, 0.1) is 0 Å². The molecular weight excluding hydrogens is 270 g/mol. The van der Waals surface area contributed by atoms with Gasteiger partial charge in [0.1, 0.15) is 0 Å². The van der Waals surface area contributed by atoms with Gasteiger partial charge in [0.25, 0.3) is 5.91 Å². The van der Waals surface area contributed by atoms with E-state index in [-0.39, 0.29) is 30.6 Å². The standard InChI is InChI=1S/C15H19N3O3/c16-11-3-1-10(2-4-11)15(20)17-7-14(19)18-8-12-5-6-13(9-18)21-12/h1-4,12-13H,5-9,16H2,(H,17,20). The van der Waals surface area contributed by atoms with Gasteiger partial charge in [-0.3, -0.25) is 9.59 Å². The number of carbonyl (C=O) groups is 2. The fraction of sp³-hybridized carbons (Fsp3) is 0.467. The second-order valence-electron chi connectivity index (χ2n) is 5.56. The molecule has 2 saturated heterocycles. The minimum Gasteiger partial charge on any atom is -0.399 e. The maximum absolute atomic E-state index is 12.1. The SMILES string of the molecule is Nc1ccc(C(=O)NCC(=O)N2CC3CCC(C2)O3)cc1. The fourth-order valence-electron chi connectivity index (χ4n) is 2.82. The maximum atomic E-state index is 12.1. The van der Waals surface area contributed by atoms with Crippen LogP contribution in [0.3, 0.4) is 0 Å². The van der Waals surface area contributed by atoms with E-state index in [0.29, 0.717) is 24.3 Å². The number of likely N-dealkylation sites (tertiary alicyclic amines) is 1. The molecule has 0 radical (unpaired) electrons. The van der Waals surface area contributed by atoms with Crippen LogP contribution in [0.2, 0.25) is 0 Å². The number of nitrogens with two attached hydrogens (primary N) is 1. The molecule has 2 fully saturated rings. The number of carbonyl (C=O) groups excluding carboxylic acids is 2. The molecule has 2 amide bonds. The molecule has 3 N–H and O–H groups in total. The second kappa shape index (κ2) is 5.73. The van der Waals surface area contributed by atoms with Gasteiger partial charge < -0.3 is 20.7 Å². The molecule has 2 bridgehead atoms. The summed E-state index contributed by atoms with van der Waals surface area (Å²) < 4.78 is 5.69. The third kappa shape index (κ3) is 3.16. The average molecular weight is 289 g/mol. The van der Waals surface area contributed by atoms with E-state index in [0.717, 1.165) is 12.8 Å². The Morgan fingerprint density at radius 1 is 1.19 bits per heavy atom. The number of morpholine rings is 1. The molecule has 0 aromatic heterocycles. The normalized spacial score (nSPS) is 23.9. The predicted molar refractivity (Wildman–Crippen MR) is 77.7 cm³/mol. The molecule has 0 aliphatic carbocycles. The number of ether oxygens (including phenoxy) is 1. The monoisotopic (exact) mass is 289 g/mol. The fourth-order valence-corrected chi connectivity index (χ4v) is 2.82. The molecule has 2 aliphatic heterocycles. The molecule has 6 nitrogen and oxygen atoms in total. The summed E-state index contributed by atoms with van der Waals surface area (Å²) in [5, 5.41) is 2.65. The van der Waals surface area contributed by atoms with E-state index < -0.39 is 0 Å². The summed E-state index contributed by atoms with van der Waals surface area (Å²) in [4.78, 5) is 25.9. The zero-order chi connectivity index (χ0) is 14.8. The predicted octanol–water partition coefficient (Wildman–Crippen LogP) is 0.388. The molecule has 0 spiro atoms. The van der Waals surface area contributed by atoms with Crippen molar-refractivity contribution in [3.05, 3.63) is 29.8 Å².